The Balaban J connectivity index is 1.53. The van der Waals surface area contributed by atoms with Gasteiger partial charge < -0.3 is 14.7 Å². The maximum absolute atomic E-state index is 13.1. The number of aromatic nitrogens is 2. The maximum Gasteiger partial charge on any atom is 0.322 e. The van der Waals surface area contributed by atoms with Crippen molar-refractivity contribution in [2.24, 2.45) is 0 Å². The number of anilines is 1. The predicted molar refractivity (Wildman–Crippen MR) is 103 cm³/mol. The lowest BCUT2D eigenvalue weighted by Crippen LogP contribution is -2.41. The molecule has 3 aromatic rings. The normalized spacial score (nSPS) is 16.8. The van der Waals surface area contributed by atoms with Crippen LogP contribution in [0.4, 0.5) is 14.9 Å². The number of nitrogens with one attached hydrogen (secondary N) is 1. The zero-order valence-electron chi connectivity index (χ0n) is 15.6. The molecule has 1 atom stereocenters. The number of hydrogen-bond acceptors (Lipinski definition) is 4. The number of hydrogen-bond donors (Lipinski definition) is 1. The van der Waals surface area contributed by atoms with E-state index in [9.17, 15) is 9.18 Å². The molecule has 2 heterocycles. The molecular weight excluding hydrogens is 359 g/mol. The lowest BCUT2D eigenvalue weighted by Gasteiger charge is -2.33. The highest BCUT2D eigenvalue weighted by atomic mass is 19.1. The molecule has 1 aliphatic heterocycles. The van der Waals surface area contributed by atoms with Crippen LogP contribution < -0.4 is 5.32 Å². The SMILES string of the molecule is Cc1ccc(NC(=O)N2CCCC[C@H]2c2nc(-c3ccc(F)cc3)no2)cc1. The molecular formula is C21H21FN4O2. The molecule has 28 heavy (non-hydrogen) atoms. The Morgan fingerprint density at radius 3 is 2.64 bits per heavy atom. The van der Waals surface area contributed by atoms with E-state index in [0.717, 1.165) is 30.5 Å². The monoisotopic (exact) mass is 380 g/mol. The van der Waals surface area contributed by atoms with Crippen molar-refractivity contribution < 1.29 is 13.7 Å². The summed E-state index contributed by atoms with van der Waals surface area (Å²) in [6.45, 7) is 2.62. The fraction of sp³-hybridized carbons (Fsp3) is 0.286. The van der Waals surface area contributed by atoms with Crippen LogP contribution in [0.2, 0.25) is 0 Å². The van der Waals surface area contributed by atoms with E-state index in [1.54, 1.807) is 17.0 Å². The first-order valence-corrected chi connectivity index (χ1v) is 9.34. The first kappa shape index (κ1) is 18.2. The summed E-state index contributed by atoms with van der Waals surface area (Å²) in [5.41, 5.74) is 2.55. The first-order chi connectivity index (χ1) is 13.6. The molecule has 2 amide bonds. The van der Waals surface area contributed by atoms with Gasteiger partial charge in [0.1, 0.15) is 11.9 Å². The fourth-order valence-corrected chi connectivity index (χ4v) is 3.35. The summed E-state index contributed by atoms with van der Waals surface area (Å²) in [5.74, 6) is 0.469. The molecule has 0 spiro atoms. The van der Waals surface area contributed by atoms with Gasteiger partial charge in [-0.25, -0.2) is 9.18 Å². The highest BCUT2D eigenvalue weighted by Crippen LogP contribution is 2.31. The van der Waals surface area contributed by atoms with Crippen LogP contribution in [0.15, 0.2) is 53.1 Å². The molecule has 0 radical (unpaired) electrons. The molecule has 0 bridgehead atoms. The van der Waals surface area contributed by atoms with Crippen molar-refractivity contribution in [1.82, 2.24) is 15.0 Å². The number of carbonyl (C=O) groups excluding carboxylic acids is 1. The van der Waals surface area contributed by atoms with Gasteiger partial charge in [-0.05, 0) is 62.6 Å². The fourth-order valence-electron chi connectivity index (χ4n) is 3.35. The van der Waals surface area contributed by atoms with Gasteiger partial charge in [-0.15, -0.1) is 0 Å². The summed E-state index contributed by atoms with van der Waals surface area (Å²) >= 11 is 0. The van der Waals surface area contributed by atoms with Crippen molar-refractivity contribution in [2.45, 2.75) is 32.2 Å². The number of carbonyl (C=O) groups is 1. The van der Waals surface area contributed by atoms with Crippen LogP contribution in [0.3, 0.4) is 0 Å². The van der Waals surface area contributed by atoms with E-state index < -0.39 is 0 Å². The van der Waals surface area contributed by atoms with Crippen LogP contribution in [0.1, 0.15) is 36.8 Å². The Labute approximate surface area is 162 Å². The molecule has 1 aromatic heterocycles. The van der Waals surface area contributed by atoms with Crippen LogP contribution in [0.5, 0.6) is 0 Å². The average Bonchev–Trinajstić information content (AvgIpc) is 3.20. The van der Waals surface area contributed by atoms with Gasteiger partial charge in [-0.1, -0.05) is 22.9 Å². The zero-order valence-corrected chi connectivity index (χ0v) is 15.6. The van der Waals surface area contributed by atoms with E-state index in [1.165, 1.54) is 12.1 Å². The highest BCUT2D eigenvalue weighted by Gasteiger charge is 2.32. The third kappa shape index (κ3) is 3.88. The number of rotatable bonds is 3. The van der Waals surface area contributed by atoms with Crippen molar-refractivity contribution in [3.05, 3.63) is 65.8 Å². The number of nitrogens with zero attached hydrogens (tertiary/aromatic N) is 3. The van der Waals surface area contributed by atoms with Crippen LogP contribution in [-0.2, 0) is 0 Å². The zero-order chi connectivity index (χ0) is 19.5. The van der Waals surface area contributed by atoms with Gasteiger partial charge >= 0.3 is 6.03 Å². The van der Waals surface area contributed by atoms with Crippen LogP contribution in [-0.4, -0.2) is 27.6 Å². The predicted octanol–water partition coefficient (Wildman–Crippen LogP) is 4.94. The number of amides is 2. The molecule has 0 aliphatic carbocycles. The molecule has 0 unspecified atom stereocenters. The lowest BCUT2D eigenvalue weighted by atomic mass is 10.0. The minimum atomic E-state index is -0.321. The third-order valence-corrected chi connectivity index (χ3v) is 4.90. The minimum absolute atomic E-state index is 0.185. The van der Waals surface area contributed by atoms with Gasteiger partial charge in [-0.3, -0.25) is 0 Å². The van der Waals surface area contributed by atoms with Gasteiger partial charge in [0.05, 0.1) is 0 Å². The van der Waals surface area contributed by atoms with E-state index in [2.05, 4.69) is 15.5 Å². The topological polar surface area (TPSA) is 71.3 Å². The van der Waals surface area contributed by atoms with E-state index in [4.69, 9.17) is 4.52 Å². The molecule has 0 saturated carbocycles. The molecule has 1 saturated heterocycles. The molecule has 6 nitrogen and oxygen atoms in total. The van der Waals surface area contributed by atoms with E-state index in [-0.39, 0.29) is 17.9 Å². The average molecular weight is 380 g/mol. The Kier molecular flexibility index (Phi) is 5.06. The summed E-state index contributed by atoms with van der Waals surface area (Å²) in [4.78, 5) is 19.0. The Morgan fingerprint density at radius 1 is 1.14 bits per heavy atom. The Bertz CT molecular complexity index is 953. The smallest absolute Gasteiger partial charge is 0.322 e. The van der Waals surface area contributed by atoms with Crippen LogP contribution in [0, 0.1) is 12.7 Å². The summed E-state index contributed by atoms with van der Waals surface area (Å²) in [6, 6.07) is 13.1. The highest BCUT2D eigenvalue weighted by molar-refractivity contribution is 5.89. The van der Waals surface area contributed by atoms with Crippen molar-refractivity contribution >= 4 is 11.7 Å². The van der Waals surface area contributed by atoms with E-state index in [1.807, 2.05) is 31.2 Å². The quantitative estimate of drug-likeness (QED) is 0.698. The molecule has 1 N–H and O–H groups in total. The van der Waals surface area contributed by atoms with Crippen molar-refractivity contribution in [1.29, 1.82) is 0 Å². The van der Waals surface area contributed by atoms with Crippen molar-refractivity contribution in [2.75, 3.05) is 11.9 Å². The van der Waals surface area contributed by atoms with Gasteiger partial charge in [0.15, 0.2) is 0 Å². The lowest BCUT2D eigenvalue weighted by molar-refractivity contribution is 0.142. The number of likely N-dealkylation sites (tertiary alicyclic amines) is 1. The Morgan fingerprint density at radius 2 is 1.89 bits per heavy atom. The second kappa shape index (κ2) is 7.80. The third-order valence-electron chi connectivity index (χ3n) is 4.90. The number of halogens is 1. The molecule has 4 rings (SSSR count). The van der Waals surface area contributed by atoms with E-state index >= 15 is 0 Å². The number of urea groups is 1. The van der Waals surface area contributed by atoms with Gasteiger partial charge in [0.2, 0.25) is 11.7 Å². The number of piperidine rings is 1. The number of aryl methyl sites for hydroxylation is 1. The summed E-state index contributed by atoms with van der Waals surface area (Å²) in [7, 11) is 0. The molecule has 144 valence electrons. The van der Waals surface area contributed by atoms with Gasteiger partial charge in [0.25, 0.3) is 0 Å². The molecule has 2 aromatic carbocycles. The molecule has 1 aliphatic rings. The van der Waals surface area contributed by atoms with Crippen molar-refractivity contribution in [3.8, 4) is 11.4 Å². The van der Waals surface area contributed by atoms with Crippen molar-refractivity contribution in [3.63, 3.8) is 0 Å². The second-order valence-electron chi connectivity index (χ2n) is 6.96. The second-order valence-corrected chi connectivity index (χ2v) is 6.96. The first-order valence-electron chi connectivity index (χ1n) is 9.34. The van der Waals surface area contributed by atoms with Gasteiger partial charge in [-0.2, -0.15) is 4.98 Å². The summed E-state index contributed by atoms with van der Waals surface area (Å²) in [5, 5.41) is 6.95. The molecule has 1 fully saturated rings. The van der Waals surface area contributed by atoms with Crippen LogP contribution >= 0.6 is 0 Å². The number of benzene rings is 2. The minimum Gasteiger partial charge on any atom is -0.337 e. The van der Waals surface area contributed by atoms with Crippen LogP contribution in [0.25, 0.3) is 11.4 Å². The maximum atomic E-state index is 13.1. The Hall–Kier alpha value is -3.22. The largest absolute Gasteiger partial charge is 0.337 e. The summed E-state index contributed by atoms with van der Waals surface area (Å²) in [6.07, 6.45) is 2.66. The molecule has 7 heteroatoms. The standard InChI is InChI=1S/C21H21FN4O2/c1-14-5-11-17(12-6-14)23-21(27)26-13-3-2-4-18(26)20-24-19(25-28-20)15-7-9-16(22)10-8-15/h5-12,18H,2-4,13H2,1H3,(H,23,27)/t18-/m0/s1. The summed E-state index contributed by atoms with van der Waals surface area (Å²) < 4.78 is 18.6. The van der Waals surface area contributed by atoms with E-state index in [0.29, 0.717) is 23.8 Å². The van der Waals surface area contributed by atoms with Gasteiger partial charge in [0, 0.05) is 17.8 Å².